The van der Waals surface area contributed by atoms with Crippen LogP contribution in [-0.2, 0) is 16.0 Å². The molecule has 0 radical (unpaired) electrons. The number of fused-ring (bicyclic) bond motifs is 3. The number of carbonyl (C=O) groups is 2. The van der Waals surface area contributed by atoms with E-state index in [9.17, 15) is 9.59 Å². The number of likely N-dealkylation sites (tertiary alicyclic amines) is 2. The Morgan fingerprint density at radius 1 is 1.18 bits per heavy atom. The Morgan fingerprint density at radius 2 is 1.94 bits per heavy atom. The number of pyridine rings is 1. The van der Waals surface area contributed by atoms with E-state index in [2.05, 4.69) is 29.8 Å². The van der Waals surface area contributed by atoms with E-state index in [-0.39, 0.29) is 24.3 Å². The lowest BCUT2D eigenvalue weighted by molar-refractivity contribution is -0.132. The lowest BCUT2D eigenvalue weighted by Gasteiger charge is -2.38. The van der Waals surface area contributed by atoms with E-state index in [1.807, 2.05) is 22.1 Å². The molecular weight excluding hydrogens is 414 g/mol. The predicted molar refractivity (Wildman–Crippen MR) is 126 cm³/mol. The van der Waals surface area contributed by atoms with Crippen LogP contribution in [0, 0.1) is 17.2 Å². The number of amides is 2. The summed E-state index contributed by atoms with van der Waals surface area (Å²) in [7, 11) is 0. The molecule has 2 amide bonds. The van der Waals surface area contributed by atoms with Crippen molar-refractivity contribution in [1.82, 2.24) is 19.4 Å². The average Bonchev–Trinajstić information content (AvgIpc) is 3.44. The average molecular weight is 446 g/mol. The van der Waals surface area contributed by atoms with Gasteiger partial charge in [0, 0.05) is 62.9 Å². The number of allylic oxidation sites excluding steroid dienone is 1. The number of nitrogens with zero attached hydrogens (tertiary/aromatic N) is 5. The van der Waals surface area contributed by atoms with Crippen LogP contribution in [0.25, 0.3) is 17.0 Å². The summed E-state index contributed by atoms with van der Waals surface area (Å²) in [4.78, 5) is 32.9. The van der Waals surface area contributed by atoms with E-state index < -0.39 is 0 Å². The van der Waals surface area contributed by atoms with Crippen LogP contribution in [-0.4, -0.2) is 57.3 Å². The molecule has 172 valence electrons. The van der Waals surface area contributed by atoms with E-state index in [1.165, 1.54) is 22.0 Å². The molecule has 2 aromatic rings. The molecule has 0 bridgehead atoms. The largest absolute Gasteiger partial charge is 0.343 e. The first-order valence-corrected chi connectivity index (χ1v) is 12.1. The maximum Gasteiger partial charge on any atom is 0.236 e. The first-order chi connectivity index (χ1) is 16.0. The fourth-order valence-corrected chi connectivity index (χ4v) is 5.86. The van der Waals surface area contributed by atoms with Gasteiger partial charge in [-0.3, -0.25) is 14.6 Å². The zero-order valence-electron chi connectivity index (χ0n) is 19.5. The van der Waals surface area contributed by atoms with Crippen molar-refractivity contribution < 1.29 is 9.59 Å². The minimum atomic E-state index is -0.0746. The normalized spacial score (nSPS) is 23.1. The van der Waals surface area contributed by atoms with Gasteiger partial charge < -0.3 is 14.4 Å². The quantitative estimate of drug-likeness (QED) is 0.722. The van der Waals surface area contributed by atoms with Gasteiger partial charge in [0.25, 0.3) is 0 Å². The van der Waals surface area contributed by atoms with Gasteiger partial charge in [0.05, 0.1) is 23.3 Å². The maximum atomic E-state index is 12.5. The zero-order valence-corrected chi connectivity index (χ0v) is 19.5. The minimum absolute atomic E-state index is 0.0600. The zero-order chi connectivity index (χ0) is 23.1. The number of carbonyl (C=O) groups excluding carboxylic acids is 2. The summed E-state index contributed by atoms with van der Waals surface area (Å²) < 4.78 is 2.41. The molecule has 7 heteroatoms. The van der Waals surface area contributed by atoms with Gasteiger partial charge in [-0.05, 0) is 36.7 Å². The fraction of sp³-hybridized carbons (Fsp3) is 0.538. The summed E-state index contributed by atoms with van der Waals surface area (Å²) in [6.07, 6.45) is 12.4. The van der Waals surface area contributed by atoms with Crippen LogP contribution in [0.3, 0.4) is 0 Å². The lowest BCUT2D eigenvalue weighted by Crippen LogP contribution is -2.43. The second-order valence-electron chi connectivity index (χ2n) is 9.77. The fourth-order valence-electron chi connectivity index (χ4n) is 5.86. The summed E-state index contributed by atoms with van der Waals surface area (Å²) in [6, 6.07) is 2.17. The maximum absolute atomic E-state index is 12.5. The molecule has 2 atom stereocenters. The summed E-state index contributed by atoms with van der Waals surface area (Å²) >= 11 is 0. The van der Waals surface area contributed by atoms with Crippen molar-refractivity contribution >= 4 is 28.8 Å². The second kappa shape index (κ2) is 8.66. The van der Waals surface area contributed by atoms with E-state index in [0.29, 0.717) is 24.9 Å². The minimum Gasteiger partial charge on any atom is -0.343 e. The number of rotatable bonds is 3. The van der Waals surface area contributed by atoms with Crippen molar-refractivity contribution in [3.8, 4) is 6.07 Å². The van der Waals surface area contributed by atoms with Crippen LogP contribution in [0.15, 0.2) is 18.5 Å². The van der Waals surface area contributed by atoms with E-state index in [0.717, 1.165) is 44.5 Å². The lowest BCUT2D eigenvalue weighted by atomic mass is 9.89. The number of aromatic nitrogens is 2. The Morgan fingerprint density at radius 3 is 2.67 bits per heavy atom. The number of hydrogen-bond acceptors (Lipinski definition) is 4. The Balaban J connectivity index is 1.55. The highest BCUT2D eigenvalue weighted by atomic mass is 16.2. The van der Waals surface area contributed by atoms with Gasteiger partial charge in [-0.25, -0.2) is 0 Å². The first kappa shape index (κ1) is 21.7. The Kier molecular flexibility index (Phi) is 5.69. The molecule has 33 heavy (non-hydrogen) atoms. The summed E-state index contributed by atoms with van der Waals surface area (Å²) in [5.74, 6) is 0.895. The van der Waals surface area contributed by atoms with Gasteiger partial charge in [-0.1, -0.05) is 19.1 Å². The molecule has 4 heterocycles. The molecule has 2 aromatic heterocycles. The highest BCUT2D eigenvalue weighted by Gasteiger charge is 2.33. The molecule has 0 saturated carbocycles. The molecule has 0 N–H and O–H groups in total. The van der Waals surface area contributed by atoms with Crippen molar-refractivity contribution in [2.45, 2.75) is 57.9 Å². The molecular formula is C26H31N5O2. The van der Waals surface area contributed by atoms with Crippen LogP contribution in [0.2, 0.25) is 0 Å². The van der Waals surface area contributed by atoms with E-state index >= 15 is 0 Å². The number of hydrogen-bond donors (Lipinski definition) is 0. The van der Waals surface area contributed by atoms with E-state index in [4.69, 9.17) is 10.2 Å². The van der Waals surface area contributed by atoms with Crippen molar-refractivity contribution in [3.63, 3.8) is 0 Å². The van der Waals surface area contributed by atoms with Gasteiger partial charge >= 0.3 is 0 Å². The van der Waals surface area contributed by atoms with Crippen LogP contribution in [0.5, 0.6) is 0 Å². The van der Waals surface area contributed by atoms with Crippen LogP contribution < -0.4 is 0 Å². The first-order valence-electron chi connectivity index (χ1n) is 12.1. The smallest absolute Gasteiger partial charge is 0.236 e. The second-order valence-corrected chi connectivity index (χ2v) is 9.77. The molecule has 1 aliphatic carbocycles. The van der Waals surface area contributed by atoms with Gasteiger partial charge in [-0.2, -0.15) is 5.26 Å². The summed E-state index contributed by atoms with van der Waals surface area (Å²) in [5.41, 5.74) is 4.86. The van der Waals surface area contributed by atoms with Gasteiger partial charge in [0.15, 0.2) is 0 Å². The highest BCUT2D eigenvalue weighted by molar-refractivity contribution is 5.93. The van der Waals surface area contributed by atoms with Crippen molar-refractivity contribution in [3.05, 3.63) is 35.3 Å². The summed E-state index contributed by atoms with van der Waals surface area (Å²) in [6.45, 7) is 6.85. The van der Waals surface area contributed by atoms with Crippen LogP contribution >= 0.6 is 0 Å². The molecule has 2 saturated heterocycles. The number of piperidine rings is 2. The highest BCUT2D eigenvalue weighted by Crippen LogP contribution is 2.41. The molecule has 5 rings (SSSR count). The third kappa shape index (κ3) is 3.82. The third-order valence-corrected chi connectivity index (χ3v) is 7.85. The van der Waals surface area contributed by atoms with Gasteiger partial charge in [0.1, 0.15) is 6.42 Å². The monoisotopic (exact) mass is 445 g/mol. The van der Waals surface area contributed by atoms with Gasteiger partial charge in [0.2, 0.25) is 11.8 Å². The van der Waals surface area contributed by atoms with Crippen molar-refractivity contribution in [2.75, 3.05) is 26.2 Å². The third-order valence-electron chi connectivity index (χ3n) is 7.85. The van der Waals surface area contributed by atoms with Gasteiger partial charge in [-0.15, -0.1) is 0 Å². The molecule has 7 nitrogen and oxygen atoms in total. The standard InChI is InChI=1S/C26H31N5O2/c1-17-7-11-30(25(33)6-10-27)16-24(17)31-15-22(19-8-12-29(13-9-19)18(2)32)21-14-28-23-5-3-4-20(23)26(21)31/h3-4,14-15,17,19,24H,5-9,11-13,16H2,1-2H3/t17-,24+/m1/s1. The molecule has 3 aliphatic rings. The Bertz CT molecular complexity index is 1170. The SMILES string of the molecule is CC(=O)N1CCC(c2cn([C@H]3CN(C(=O)CC#N)CC[C@H]3C)c3c4c(ncc23)CC=C4)CC1. The molecule has 2 aliphatic heterocycles. The Hall–Kier alpha value is -3.14. The predicted octanol–water partition coefficient (Wildman–Crippen LogP) is 3.65. The van der Waals surface area contributed by atoms with Crippen LogP contribution in [0.1, 0.15) is 68.3 Å². The topological polar surface area (TPSA) is 82.2 Å². The van der Waals surface area contributed by atoms with Crippen molar-refractivity contribution in [1.29, 1.82) is 5.26 Å². The van der Waals surface area contributed by atoms with E-state index in [1.54, 1.807) is 6.92 Å². The summed E-state index contributed by atoms with van der Waals surface area (Å²) in [5, 5.41) is 10.2. The molecule has 0 aromatic carbocycles. The molecule has 0 unspecified atom stereocenters. The molecule has 2 fully saturated rings. The number of nitriles is 1. The Labute approximate surface area is 194 Å². The van der Waals surface area contributed by atoms with Crippen LogP contribution in [0.4, 0.5) is 0 Å². The molecule has 0 spiro atoms. The van der Waals surface area contributed by atoms with Crippen molar-refractivity contribution in [2.24, 2.45) is 5.92 Å².